The number of rotatable bonds is 33. The number of allylic oxidation sites excluding steroid dienone is 8. The fraction of sp³-hybridized carbons (Fsp3) is 0.795. The van der Waals surface area contributed by atoms with Crippen LogP contribution in [0.5, 0.6) is 0 Å². The fourth-order valence-electron chi connectivity index (χ4n) is 5.15. The number of aliphatic hydroxyl groups excluding tert-OH is 1. The van der Waals surface area contributed by atoms with Crippen LogP contribution in [0.2, 0.25) is 0 Å². The number of aliphatic hydroxyl groups is 1. The van der Waals surface area contributed by atoms with E-state index in [2.05, 4.69) is 81.5 Å². The average molecular weight is 675 g/mol. The van der Waals surface area contributed by atoms with Gasteiger partial charge in [-0.1, -0.05) is 140 Å². The summed E-state index contributed by atoms with van der Waals surface area (Å²) in [6, 6.07) is 0. The van der Waals surface area contributed by atoms with E-state index in [0.717, 1.165) is 58.0 Å². The smallest absolute Gasteiger partial charge is 0.132 e. The van der Waals surface area contributed by atoms with Gasteiger partial charge in [0.15, 0.2) is 0 Å². The van der Waals surface area contributed by atoms with Gasteiger partial charge in [-0.05, 0) is 118 Å². The number of nitrogens with two attached hydrogens (primary N) is 1. The second-order valence-corrected chi connectivity index (χ2v) is 13.5. The van der Waals surface area contributed by atoms with E-state index in [1.54, 1.807) is 6.92 Å². The van der Waals surface area contributed by atoms with Gasteiger partial charge < -0.3 is 15.7 Å². The number of carbonyl (C=O) groups excluding carboxylic acids is 1. The summed E-state index contributed by atoms with van der Waals surface area (Å²) in [6.07, 6.45) is 51.6. The monoisotopic (exact) mass is 675 g/mol. The van der Waals surface area contributed by atoms with Crippen LogP contribution in [0.3, 0.4) is 0 Å². The predicted molar refractivity (Wildman–Crippen MR) is 218 cm³/mol. The highest BCUT2D eigenvalue weighted by atomic mass is 16.2. The maximum absolute atomic E-state index is 12.1. The summed E-state index contributed by atoms with van der Waals surface area (Å²) >= 11 is 0. The Morgan fingerprint density at radius 3 is 1.10 bits per heavy atom. The van der Waals surface area contributed by atoms with Gasteiger partial charge in [0.25, 0.3) is 0 Å². The lowest BCUT2D eigenvalue weighted by Crippen LogP contribution is -2.16. The van der Waals surface area contributed by atoms with Crippen LogP contribution in [0.25, 0.3) is 0 Å². The van der Waals surface area contributed by atoms with Gasteiger partial charge >= 0.3 is 0 Å². The predicted octanol–water partition coefficient (Wildman–Crippen LogP) is 12.9. The molecule has 0 aliphatic heterocycles. The zero-order chi connectivity index (χ0) is 36.0. The molecule has 0 saturated carbocycles. The number of hydrogen-bond donors (Lipinski definition) is 2. The SMILES string of the molecule is CCCCC/C=C\C/C=C\CCCCCCCCC(=O)CCCCCCCC/C=C\C/C=C\CCCCC.CCO.CN(C)CCCN. The molecule has 0 atom stereocenters. The van der Waals surface area contributed by atoms with Crippen molar-refractivity contribution in [1.82, 2.24) is 4.90 Å². The molecule has 0 fully saturated rings. The van der Waals surface area contributed by atoms with Gasteiger partial charge in [0, 0.05) is 19.4 Å². The molecule has 4 heteroatoms. The van der Waals surface area contributed by atoms with Crippen LogP contribution in [0.1, 0.15) is 194 Å². The first kappa shape index (κ1) is 50.9. The molecule has 48 heavy (non-hydrogen) atoms. The Labute approximate surface area is 302 Å². The maximum Gasteiger partial charge on any atom is 0.132 e. The number of hydrogen-bond acceptors (Lipinski definition) is 4. The van der Waals surface area contributed by atoms with E-state index in [0.29, 0.717) is 5.78 Å². The van der Waals surface area contributed by atoms with Crippen LogP contribution in [-0.2, 0) is 4.79 Å². The van der Waals surface area contributed by atoms with Crippen molar-refractivity contribution in [2.24, 2.45) is 5.73 Å². The molecule has 0 spiro atoms. The van der Waals surface area contributed by atoms with E-state index < -0.39 is 0 Å². The van der Waals surface area contributed by atoms with Crippen LogP contribution < -0.4 is 5.73 Å². The van der Waals surface area contributed by atoms with Crippen molar-refractivity contribution in [3.63, 3.8) is 0 Å². The van der Waals surface area contributed by atoms with Crippen molar-refractivity contribution < 1.29 is 9.90 Å². The van der Waals surface area contributed by atoms with E-state index in [-0.39, 0.29) is 6.61 Å². The first-order valence-corrected chi connectivity index (χ1v) is 20.6. The molecular weight excluding hydrogens is 588 g/mol. The summed E-state index contributed by atoms with van der Waals surface area (Å²) in [5, 5.41) is 7.57. The third-order valence-corrected chi connectivity index (χ3v) is 8.12. The third kappa shape index (κ3) is 56.8. The molecule has 4 nitrogen and oxygen atoms in total. The molecule has 0 aliphatic rings. The van der Waals surface area contributed by atoms with Gasteiger partial charge in [0.2, 0.25) is 0 Å². The Morgan fingerprint density at radius 1 is 0.500 bits per heavy atom. The number of unbranched alkanes of at least 4 members (excludes halogenated alkanes) is 18. The molecule has 0 radical (unpaired) electrons. The molecular formula is C44H86N2O2. The highest BCUT2D eigenvalue weighted by Gasteiger charge is 2.02. The van der Waals surface area contributed by atoms with Crippen LogP contribution >= 0.6 is 0 Å². The highest BCUT2D eigenvalue weighted by Crippen LogP contribution is 2.13. The van der Waals surface area contributed by atoms with Crippen molar-refractivity contribution in [2.75, 3.05) is 33.8 Å². The summed E-state index contributed by atoms with van der Waals surface area (Å²) in [7, 11) is 4.10. The molecule has 0 saturated heterocycles. The van der Waals surface area contributed by atoms with Gasteiger partial charge in [-0.25, -0.2) is 0 Å². The normalized spacial score (nSPS) is 11.6. The molecule has 0 aromatic heterocycles. The van der Waals surface area contributed by atoms with Gasteiger partial charge in [-0.3, -0.25) is 4.79 Å². The first-order chi connectivity index (χ1) is 23.5. The molecule has 0 unspecified atom stereocenters. The van der Waals surface area contributed by atoms with Crippen molar-refractivity contribution >= 4 is 5.78 Å². The zero-order valence-electron chi connectivity index (χ0n) is 33.2. The van der Waals surface area contributed by atoms with Crippen molar-refractivity contribution in [3.8, 4) is 0 Å². The quantitative estimate of drug-likeness (QED) is 0.0537. The molecule has 3 N–H and O–H groups in total. The van der Waals surface area contributed by atoms with Crippen molar-refractivity contribution in [2.45, 2.75) is 194 Å². The van der Waals surface area contributed by atoms with Crippen LogP contribution in [0.4, 0.5) is 0 Å². The van der Waals surface area contributed by atoms with Crippen molar-refractivity contribution in [3.05, 3.63) is 48.6 Å². The van der Waals surface area contributed by atoms with Crippen molar-refractivity contribution in [1.29, 1.82) is 0 Å². The van der Waals surface area contributed by atoms with E-state index in [1.165, 1.54) is 128 Å². The molecule has 0 rings (SSSR count). The lowest BCUT2D eigenvalue weighted by atomic mass is 10.0. The molecule has 0 aliphatic carbocycles. The van der Waals surface area contributed by atoms with Gasteiger partial charge in [0.1, 0.15) is 5.78 Å². The van der Waals surface area contributed by atoms with E-state index in [4.69, 9.17) is 10.8 Å². The summed E-state index contributed by atoms with van der Waals surface area (Å²) < 4.78 is 0. The highest BCUT2D eigenvalue weighted by molar-refractivity contribution is 5.78. The molecule has 0 aromatic carbocycles. The van der Waals surface area contributed by atoms with E-state index >= 15 is 0 Å². The first-order valence-electron chi connectivity index (χ1n) is 20.6. The standard InChI is InChI=1S/C37H66O.C5H14N2.C2H6O/c1-3-5-7-9-11-13-15-17-19-21-23-25-27-29-31-33-35-37(38)36-34-32-30-28-26-24-22-20-18-16-14-12-10-8-6-4-2;1-7(2)5-3-4-6;1-2-3/h11-14,17-20H,3-10,15-16,21-36H2,1-2H3;3-6H2,1-2H3;3H,2H2,1H3/b13-11-,14-12-,19-17-,20-18-;;. The fourth-order valence-corrected chi connectivity index (χ4v) is 5.15. The van der Waals surface area contributed by atoms with Crippen LogP contribution in [-0.4, -0.2) is 49.6 Å². The van der Waals surface area contributed by atoms with E-state index in [9.17, 15) is 4.79 Å². The summed E-state index contributed by atoms with van der Waals surface area (Å²) in [5.74, 6) is 0.499. The summed E-state index contributed by atoms with van der Waals surface area (Å²) in [5.41, 5.74) is 5.25. The number of nitrogens with zero attached hydrogens (tertiary/aromatic N) is 1. The van der Waals surface area contributed by atoms with Gasteiger partial charge in [0.05, 0.1) is 0 Å². The van der Waals surface area contributed by atoms with Crippen LogP contribution in [0, 0.1) is 0 Å². The molecule has 0 bridgehead atoms. The minimum atomic E-state index is 0.250. The molecule has 0 aromatic rings. The Balaban J connectivity index is -0.00000175. The Kier molecular flexibility index (Phi) is 52.9. The largest absolute Gasteiger partial charge is 0.397 e. The Morgan fingerprint density at radius 2 is 0.812 bits per heavy atom. The topological polar surface area (TPSA) is 66.6 Å². The zero-order valence-corrected chi connectivity index (χ0v) is 33.2. The minimum absolute atomic E-state index is 0.250. The Bertz CT molecular complexity index is 646. The number of carbonyl (C=O) groups is 1. The Hall–Kier alpha value is -1.49. The molecule has 0 amide bonds. The second-order valence-electron chi connectivity index (χ2n) is 13.5. The molecule has 284 valence electrons. The number of Topliss-reactive ketones (excluding diaryl/α,β-unsaturated/α-hetero) is 1. The van der Waals surface area contributed by atoms with Crippen LogP contribution in [0.15, 0.2) is 48.6 Å². The molecule has 0 heterocycles. The average Bonchev–Trinajstić information content (AvgIpc) is 3.07. The van der Waals surface area contributed by atoms with Gasteiger partial charge in [-0.2, -0.15) is 0 Å². The van der Waals surface area contributed by atoms with Gasteiger partial charge in [-0.15, -0.1) is 0 Å². The minimum Gasteiger partial charge on any atom is -0.397 e. The van der Waals surface area contributed by atoms with E-state index in [1.807, 2.05) is 0 Å². The lowest BCUT2D eigenvalue weighted by molar-refractivity contribution is -0.119. The summed E-state index contributed by atoms with van der Waals surface area (Å²) in [6.45, 7) is 8.36. The lowest BCUT2D eigenvalue weighted by Gasteiger charge is -2.05. The third-order valence-electron chi connectivity index (χ3n) is 8.12. The maximum atomic E-state index is 12.1. The summed E-state index contributed by atoms with van der Waals surface area (Å²) in [4.78, 5) is 14.2. The second kappa shape index (κ2) is 49.9. The number of ketones is 1.